The number of rotatable bonds is 1. The van der Waals surface area contributed by atoms with Crippen molar-refractivity contribution in [3.8, 4) is 0 Å². The van der Waals surface area contributed by atoms with Crippen molar-refractivity contribution in [1.29, 1.82) is 0 Å². The average Bonchev–Trinajstić information content (AvgIpc) is 2.41. The van der Waals surface area contributed by atoms with Gasteiger partial charge < -0.3 is 4.74 Å². The Hall–Kier alpha value is -0.530. The van der Waals surface area contributed by atoms with Crippen molar-refractivity contribution in [3.63, 3.8) is 0 Å². The molecule has 1 saturated carbocycles. The minimum absolute atomic E-state index is 0.0602. The van der Waals surface area contributed by atoms with Gasteiger partial charge in [0, 0.05) is 0 Å². The molecule has 2 nitrogen and oxygen atoms in total. The molecule has 0 unspecified atom stereocenters. The summed E-state index contributed by atoms with van der Waals surface area (Å²) in [4.78, 5) is 10.9. The lowest BCUT2D eigenvalue weighted by Gasteiger charge is -2.04. The first-order chi connectivity index (χ1) is 4.11. The predicted octanol–water partition coefficient (Wildman–Crippen LogP) is 1.21. The van der Waals surface area contributed by atoms with Crippen molar-refractivity contribution in [1.82, 2.24) is 0 Å². The van der Waals surface area contributed by atoms with Crippen LogP contribution in [0.25, 0.3) is 0 Å². The van der Waals surface area contributed by atoms with Gasteiger partial charge in [0.05, 0.1) is 12.5 Å². The van der Waals surface area contributed by atoms with E-state index in [-0.39, 0.29) is 11.4 Å². The third-order valence-corrected chi connectivity index (χ3v) is 2.31. The molecular weight excluding hydrogens is 116 g/mol. The molecular formula is C7H12O2. The number of methoxy groups -OCH3 is 1. The van der Waals surface area contributed by atoms with E-state index in [0.717, 1.165) is 6.42 Å². The highest BCUT2D eigenvalue weighted by Gasteiger charge is 2.54. The number of esters is 1. The van der Waals surface area contributed by atoms with Crippen LogP contribution in [-0.4, -0.2) is 13.1 Å². The largest absolute Gasteiger partial charge is 0.469 e. The highest BCUT2D eigenvalue weighted by atomic mass is 16.5. The Labute approximate surface area is 55.2 Å². The summed E-state index contributed by atoms with van der Waals surface area (Å²) in [6.07, 6.45) is 0.986. The van der Waals surface area contributed by atoms with Gasteiger partial charge in [-0.2, -0.15) is 0 Å². The van der Waals surface area contributed by atoms with Crippen molar-refractivity contribution < 1.29 is 9.53 Å². The van der Waals surface area contributed by atoms with Crippen molar-refractivity contribution in [3.05, 3.63) is 0 Å². The van der Waals surface area contributed by atoms with Gasteiger partial charge in [0.15, 0.2) is 0 Å². The molecule has 9 heavy (non-hydrogen) atoms. The number of hydrogen-bond acceptors (Lipinski definition) is 2. The van der Waals surface area contributed by atoms with Gasteiger partial charge in [0.25, 0.3) is 0 Å². The van der Waals surface area contributed by atoms with Gasteiger partial charge in [-0.05, 0) is 19.3 Å². The Morgan fingerprint density at radius 1 is 1.78 bits per heavy atom. The summed E-state index contributed by atoms with van der Waals surface area (Å²) in [6.45, 7) is 4.01. The molecule has 1 fully saturated rings. The normalized spacial score (nSPS) is 40.1. The summed E-state index contributed by atoms with van der Waals surface area (Å²) in [5.74, 6) is 0.458. The molecule has 0 aromatic carbocycles. The molecule has 0 aliphatic heterocycles. The second-order valence-corrected chi connectivity index (χ2v) is 3.01. The molecule has 2 atom stereocenters. The van der Waals surface area contributed by atoms with E-state index in [4.69, 9.17) is 0 Å². The van der Waals surface area contributed by atoms with E-state index >= 15 is 0 Å². The molecule has 0 bridgehead atoms. The number of ether oxygens (including phenoxy) is 1. The number of carbonyl (C=O) groups excluding carboxylic acids is 1. The van der Waals surface area contributed by atoms with E-state index in [1.807, 2.05) is 6.92 Å². The van der Waals surface area contributed by atoms with Crippen LogP contribution in [0.5, 0.6) is 0 Å². The molecule has 0 heterocycles. The van der Waals surface area contributed by atoms with E-state index < -0.39 is 0 Å². The predicted molar refractivity (Wildman–Crippen MR) is 33.9 cm³/mol. The van der Waals surface area contributed by atoms with Crippen LogP contribution in [0.4, 0.5) is 0 Å². The van der Waals surface area contributed by atoms with Gasteiger partial charge in [0.1, 0.15) is 0 Å². The maximum absolute atomic E-state index is 10.9. The molecule has 2 heteroatoms. The van der Waals surface area contributed by atoms with Crippen molar-refractivity contribution in [2.75, 3.05) is 7.11 Å². The summed E-state index contributed by atoms with van der Waals surface area (Å²) in [5, 5.41) is 0. The smallest absolute Gasteiger partial charge is 0.311 e. The Bertz CT molecular complexity index is 142. The summed E-state index contributed by atoms with van der Waals surface area (Å²) in [5.41, 5.74) is -0.144. The minimum Gasteiger partial charge on any atom is -0.469 e. The van der Waals surface area contributed by atoms with Gasteiger partial charge >= 0.3 is 5.97 Å². The molecule has 0 aromatic heterocycles. The summed E-state index contributed by atoms with van der Waals surface area (Å²) in [7, 11) is 1.44. The van der Waals surface area contributed by atoms with Crippen molar-refractivity contribution in [2.24, 2.45) is 11.3 Å². The van der Waals surface area contributed by atoms with E-state index in [0.29, 0.717) is 5.92 Å². The Morgan fingerprint density at radius 2 is 2.22 bits per heavy atom. The van der Waals surface area contributed by atoms with Crippen LogP contribution in [0.1, 0.15) is 20.3 Å². The van der Waals surface area contributed by atoms with Gasteiger partial charge in [0.2, 0.25) is 0 Å². The topological polar surface area (TPSA) is 26.3 Å². The van der Waals surface area contributed by atoms with Crippen LogP contribution in [0.15, 0.2) is 0 Å². The summed E-state index contributed by atoms with van der Waals surface area (Å²) >= 11 is 0. The minimum atomic E-state index is -0.144. The second-order valence-electron chi connectivity index (χ2n) is 3.01. The van der Waals surface area contributed by atoms with E-state index in [9.17, 15) is 4.79 Å². The average molecular weight is 128 g/mol. The SMILES string of the molecule is COC(=O)[C@]1(C)C[C@@H]1C. The fourth-order valence-corrected chi connectivity index (χ4v) is 1.09. The zero-order valence-corrected chi connectivity index (χ0v) is 6.10. The fraction of sp³-hybridized carbons (Fsp3) is 0.857. The highest BCUT2D eigenvalue weighted by Crippen LogP contribution is 2.52. The third kappa shape index (κ3) is 0.824. The van der Waals surface area contributed by atoms with Crippen LogP contribution >= 0.6 is 0 Å². The molecule has 1 aliphatic carbocycles. The van der Waals surface area contributed by atoms with E-state index in [1.54, 1.807) is 0 Å². The van der Waals surface area contributed by atoms with Gasteiger partial charge in [-0.1, -0.05) is 6.92 Å². The number of carbonyl (C=O) groups is 1. The van der Waals surface area contributed by atoms with Crippen molar-refractivity contribution in [2.45, 2.75) is 20.3 Å². The molecule has 0 aromatic rings. The summed E-state index contributed by atoms with van der Waals surface area (Å²) < 4.78 is 4.61. The Morgan fingerprint density at radius 3 is 2.33 bits per heavy atom. The Kier molecular flexibility index (Phi) is 1.26. The van der Waals surface area contributed by atoms with E-state index in [2.05, 4.69) is 11.7 Å². The lowest BCUT2D eigenvalue weighted by Crippen LogP contribution is -2.14. The Balaban J connectivity index is 2.53. The zero-order valence-electron chi connectivity index (χ0n) is 6.10. The quantitative estimate of drug-likeness (QED) is 0.496. The summed E-state index contributed by atoms with van der Waals surface area (Å²) in [6, 6.07) is 0. The molecule has 0 saturated heterocycles. The molecule has 1 aliphatic rings. The van der Waals surface area contributed by atoms with Crippen LogP contribution in [-0.2, 0) is 9.53 Å². The van der Waals surface area contributed by atoms with Crippen LogP contribution in [0.2, 0.25) is 0 Å². The van der Waals surface area contributed by atoms with Crippen LogP contribution < -0.4 is 0 Å². The van der Waals surface area contributed by atoms with Crippen LogP contribution in [0.3, 0.4) is 0 Å². The second kappa shape index (κ2) is 1.72. The zero-order chi connectivity index (χ0) is 7.07. The first kappa shape index (κ1) is 6.59. The van der Waals surface area contributed by atoms with Crippen LogP contribution in [0, 0.1) is 11.3 Å². The van der Waals surface area contributed by atoms with Gasteiger partial charge in [-0.15, -0.1) is 0 Å². The standard InChI is InChI=1S/C7H12O2/c1-5-4-7(5,2)6(8)9-3/h5H,4H2,1-3H3/t5-,7+/m0/s1. The molecule has 1 rings (SSSR count). The van der Waals surface area contributed by atoms with Gasteiger partial charge in [-0.3, -0.25) is 4.79 Å². The number of hydrogen-bond donors (Lipinski definition) is 0. The molecule has 0 N–H and O–H groups in total. The van der Waals surface area contributed by atoms with E-state index in [1.165, 1.54) is 7.11 Å². The molecule has 0 amide bonds. The monoisotopic (exact) mass is 128 g/mol. The first-order valence-electron chi connectivity index (χ1n) is 3.19. The third-order valence-electron chi connectivity index (χ3n) is 2.31. The maximum atomic E-state index is 10.9. The lowest BCUT2D eigenvalue weighted by atomic mass is 10.1. The van der Waals surface area contributed by atoms with Crippen molar-refractivity contribution >= 4 is 5.97 Å². The lowest BCUT2D eigenvalue weighted by molar-refractivity contribution is -0.146. The van der Waals surface area contributed by atoms with Gasteiger partial charge in [-0.25, -0.2) is 0 Å². The molecule has 0 spiro atoms. The molecule has 0 radical (unpaired) electrons. The fourth-order valence-electron chi connectivity index (χ4n) is 1.09. The highest BCUT2D eigenvalue weighted by molar-refractivity contribution is 5.79. The maximum Gasteiger partial charge on any atom is 0.311 e. The molecule has 52 valence electrons. The first-order valence-corrected chi connectivity index (χ1v) is 3.19.